The molecule has 1 aromatic rings. The number of rotatable bonds is 10. The van der Waals surface area contributed by atoms with Gasteiger partial charge in [-0.1, -0.05) is 31.0 Å². The molecule has 0 spiro atoms. The lowest BCUT2D eigenvalue weighted by atomic mass is 10.1. The Hall–Kier alpha value is -1.06. The average molecular weight is 313 g/mol. The number of carbonyl (C=O) groups excluding carboxylic acids is 1. The standard InChI is InChI=1S/C17H25ClO3/c1-3-4-11-20-12-6-5-8-14(2)21-17(19)15-9-7-10-16(18)13-15/h7,9-10,13-14H,3-6,8,11-12H2,1-2H3. The first-order valence-electron chi connectivity index (χ1n) is 7.67. The number of halogens is 1. The van der Waals surface area contributed by atoms with Crippen LogP contribution >= 0.6 is 11.6 Å². The number of unbranched alkanes of at least 4 members (excludes halogenated alkanes) is 2. The highest BCUT2D eigenvalue weighted by molar-refractivity contribution is 6.30. The van der Waals surface area contributed by atoms with Gasteiger partial charge in [-0.25, -0.2) is 4.79 Å². The largest absolute Gasteiger partial charge is 0.459 e. The van der Waals surface area contributed by atoms with Crippen LogP contribution in [0.1, 0.15) is 56.3 Å². The third kappa shape index (κ3) is 8.08. The molecule has 1 aromatic carbocycles. The summed E-state index contributed by atoms with van der Waals surface area (Å²) < 4.78 is 10.9. The van der Waals surface area contributed by atoms with Crippen LogP contribution in [0.3, 0.4) is 0 Å². The highest BCUT2D eigenvalue weighted by atomic mass is 35.5. The zero-order valence-electron chi connectivity index (χ0n) is 12.9. The number of esters is 1. The Kier molecular flexibility index (Phi) is 9.11. The Bertz CT molecular complexity index is 420. The van der Waals surface area contributed by atoms with E-state index in [0.717, 1.165) is 45.3 Å². The van der Waals surface area contributed by atoms with Gasteiger partial charge in [0.05, 0.1) is 11.7 Å². The second-order valence-electron chi connectivity index (χ2n) is 5.19. The van der Waals surface area contributed by atoms with Crippen molar-refractivity contribution in [3.05, 3.63) is 34.9 Å². The zero-order chi connectivity index (χ0) is 15.5. The van der Waals surface area contributed by atoms with Gasteiger partial charge in [-0.2, -0.15) is 0 Å². The quantitative estimate of drug-likeness (QED) is 0.456. The zero-order valence-corrected chi connectivity index (χ0v) is 13.7. The van der Waals surface area contributed by atoms with E-state index in [0.29, 0.717) is 10.6 Å². The molecule has 0 aromatic heterocycles. The van der Waals surface area contributed by atoms with Gasteiger partial charge in [0.2, 0.25) is 0 Å². The molecule has 0 aliphatic heterocycles. The molecule has 21 heavy (non-hydrogen) atoms. The Labute approximate surface area is 132 Å². The smallest absolute Gasteiger partial charge is 0.338 e. The third-order valence-corrected chi connectivity index (χ3v) is 3.40. The summed E-state index contributed by atoms with van der Waals surface area (Å²) in [5, 5.41) is 0.543. The van der Waals surface area contributed by atoms with Crippen LogP contribution in [-0.4, -0.2) is 25.3 Å². The van der Waals surface area contributed by atoms with Crippen LogP contribution in [0, 0.1) is 0 Å². The summed E-state index contributed by atoms with van der Waals surface area (Å²) in [5.41, 5.74) is 0.497. The molecule has 4 heteroatoms. The van der Waals surface area contributed by atoms with Crippen molar-refractivity contribution in [2.75, 3.05) is 13.2 Å². The Morgan fingerprint density at radius 3 is 2.71 bits per heavy atom. The van der Waals surface area contributed by atoms with E-state index in [4.69, 9.17) is 21.1 Å². The van der Waals surface area contributed by atoms with Crippen molar-refractivity contribution in [3.8, 4) is 0 Å². The maximum Gasteiger partial charge on any atom is 0.338 e. The van der Waals surface area contributed by atoms with Crippen molar-refractivity contribution >= 4 is 17.6 Å². The van der Waals surface area contributed by atoms with Crippen molar-refractivity contribution in [2.45, 2.75) is 52.1 Å². The van der Waals surface area contributed by atoms with Crippen LogP contribution in [0.25, 0.3) is 0 Å². The summed E-state index contributed by atoms with van der Waals surface area (Å²) in [6, 6.07) is 6.82. The summed E-state index contributed by atoms with van der Waals surface area (Å²) in [6.45, 7) is 5.70. The molecule has 0 saturated heterocycles. The van der Waals surface area contributed by atoms with E-state index in [1.165, 1.54) is 0 Å². The van der Waals surface area contributed by atoms with Gasteiger partial charge in [0.25, 0.3) is 0 Å². The Balaban J connectivity index is 2.15. The topological polar surface area (TPSA) is 35.5 Å². The number of ether oxygens (including phenoxy) is 2. The molecule has 0 bridgehead atoms. The maximum absolute atomic E-state index is 11.9. The van der Waals surface area contributed by atoms with Crippen molar-refractivity contribution in [3.63, 3.8) is 0 Å². The van der Waals surface area contributed by atoms with Gasteiger partial charge in [-0.15, -0.1) is 0 Å². The predicted molar refractivity (Wildman–Crippen MR) is 85.9 cm³/mol. The van der Waals surface area contributed by atoms with Gasteiger partial charge in [0, 0.05) is 18.2 Å². The van der Waals surface area contributed by atoms with Crippen LogP contribution in [0.5, 0.6) is 0 Å². The van der Waals surface area contributed by atoms with Crippen molar-refractivity contribution in [1.82, 2.24) is 0 Å². The molecule has 0 N–H and O–H groups in total. The van der Waals surface area contributed by atoms with E-state index in [1.54, 1.807) is 24.3 Å². The second-order valence-corrected chi connectivity index (χ2v) is 5.62. The number of carbonyl (C=O) groups is 1. The summed E-state index contributed by atoms with van der Waals surface area (Å²) in [7, 11) is 0. The van der Waals surface area contributed by atoms with Gasteiger partial charge in [-0.05, 0) is 50.8 Å². The SMILES string of the molecule is CCCCOCCCCC(C)OC(=O)c1cccc(Cl)c1. The molecule has 1 atom stereocenters. The van der Waals surface area contributed by atoms with E-state index in [9.17, 15) is 4.79 Å². The molecule has 3 nitrogen and oxygen atoms in total. The molecule has 0 heterocycles. The normalized spacial score (nSPS) is 12.1. The maximum atomic E-state index is 11.9. The average Bonchev–Trinajstić information content (AvgIpc) is 2.46. The molecule has 0 fully saturated rings. The Morgan fingerprint density at radius 2 is 2.00 bits per heavy atom. The lowest BCUT2D eigenvalue weighted by Gasteiger charge is -2.13. The molecule has 0 radical (unpaired) electrons. The summed E-state index contributed by atoms with van der Waals surface area (Å²) in [6.07, 6.45) is 5.04. The van der Waals surface area contributed by atoms with E-state index < -0.39 is 0 Å². The first-order chi connectivity index (χ1) is 10.1. The van der Waals surface area contributed by atoms with Gasteiger partial charge >= 0.3 is 5.97 Å². The van der Waals surface area contributed by atoms with Gasteiger partial charge in [0.1, 0.15) is 0 Å². The van der Waals surface area contributed by atoms with Crippen molar-refractivity contribution < 1.29 is 14.3 Å². The van der Waals surface area contributed by atoms with E-state index in [2.05, 4.69) is 6.92 Å². The van der Waals surface area contributed by atoms with Crippen LogP contribution in [0.2, 0.25) is 5.02 Å². The van der Waals surface area contributed by atoms with E-state index >= 15 is 0 Å². The van der Waals surface area contributed by atoms with Gasteiger partial charge < -0.3 is 9.47 Å². The van der Waals surface area contributed by atoms with E-state index in [-0.39, 0.29) is 12.1 Å². The minimum atomic E-state index is -0.316. The molecule has 1 unspecified atom stereocenters. The number of benzene rings is 1. The van der Waals surface area contributed by atoms with Gasteiger partial charge in [0.15, 0.2) is 0 Å². The third-order valence-electron chi connectivity index (χ3n) is 3.16. The lowest BCUT2D eigenvalue weighted by molar-refractivity contribution is 0.0313. The first kappa shape index (κ1) is 18.0. The lowest BCUT2D eigenvalue weighted by Crippen LogP contribution is -2.15. The number of hydrogen-bond donors (Lipinski definition) is 0. The fourth-order valence-electron chi connectivity index (χ4n) is 1.91. The molecule has 118 valence electrons. The Morgan fingerprint density at radius 1 is 1.24 bits per heavy atom. The minimum Gasteiger partial charge on any atom is -0.459 e. The monoisotopic (exact) mass is 312 g/mol. The minimum absolute atomic E-state index is 0.0906. The molecule has 0 amide bonds. The highest BCUT2D eigenvalue weighted by Crippen LogP contribution is 2.13. The van der Waals surface area contributed by atoms with Crippen LogP contribution in [0.15, 0.2) is 24.3 Å². The molecule has 0 aliphatic rings. The van der Waals surface area contributed by atoms with E-state index in [1.807, 2.05) is 6.92 Å². The summed E-state index contributed by atoms with van der Waals surface area (Å²) in [4.78, 5) is 11.9. The van der Waals surface area contributed by atoms with Crippen molar-refractivity contribution in [2.24, 2.45) is 0 Å². The van der Waals surface area contributed by atoms with Gasteiger partial charge in [-0.3, -0.25) is 0 Å². The fraction of sp³-hybridized carbons (Fsp3) is 0.588. The first-order valence-corrected chi connectivity index (χ1v) is 8.05. The fourth-order valence-corrected chi connectivity index (χ4v) is 2.10. The van der Waals surface area contributed by atoms with Crippen LogP contribution in [0.4, 0.5) is 0 Å². The summed E-state index contributed by atoms with van der Waals surface area (Å²) in [5.74, 6) is -0.316. The molecule has 0 saturated carbocycles. The van der Waals surface area contributed by atoms with Crippen LogP contribution in [-0.2, 0) is 9.47 Å². The predicted octanol–water partition coefficient (Wildman–Crippen LogP) is 4.87. The summed E-state index contributed by atoms with van der Waals surface area (Å²) >= 11 is 5.86. The second kappa shape index (κ2) is 10.6. The molecular formula is C17H25ClO3. The van der Waals surface area contributed by atoms with Crippen LogP contribution < -0.4 is 0 Å². The molecule has 1 rings (SSSR count). The molecular weight excluding hydrogens is 288 g/mol. The number of hydrogen-bond acceptors (Lipinski definition) is 3. The highest BCUT2D eigenvalue weighted by Gasteiger charge is 2.12. The van der Waals surface area contributed by atoms with Crippen molar-refractivity contribution in [1.29, 1.82) is 0 Å². The molecule has 0 aliphatic carbocycles.